The molecule has 2 aromatic heterocycles. The number of rotatable bonds is 5. The van der Waals surface area contributed by atoms with Gasteiger partial charge in [-0.2, -0.15) is 0 Å². The molecule has 0 bridgehead atoms. The second kappa shape index (κ2) is 7.46. The van der Waals surface area contributed by atoms with Crippen molar-refractivity contribution in [3.8, 4) is 0 Å². The van der Waals surface area contributed by atoms with E-state index in [1.54, 1.807) is 29.5 Å². The van der Waals surface area contributed by atoms with Crippen molar-refractivity contribution < 1.29 is 13.9 Å². The number of carbonyl (C=O) groups excluding carboxylic acids is 1. The van der Waals surface area contributed by atoms with Gasteiger partial charge in [-0.15, -0.1) is 11.3 Å². The number of aryl methyl sites for hydroxylation is 1. The van der Waals surface area contributed by atoms with E-state index in [1.165, 1.54) is 0 Å². The van der Waals surface area contributed by atoms with Gasteiger partial charge >= 0.3 is 0 Å². The molecule has 0 radical (unpaired) electrons. The fourth-order valence-electron chi connectivity index (χ4n) is 2.66. The molecule has 1 saturated heterocycles. The van der Waals surface area contributed by atoms with Gasteiger partial charge in [0.05, 0.1) is 31.4 Å². The topological polar surface area (TPSA) is 58.8 Å². The first-order valence-corrected chi connectivity index (χ1v) is 8.99. The van der Waals surface area contributed by atoms with Crippen molar-refractivity contribution in [2.75, 3.05) is 33.4 Å². The molecule has 0 saturated carbocycles. The number of hydrogen-bond donors (Lipinski definition) is 0. The standard InChI is InChI=1S/C17H23N3O3S/c1-12-11-24-16(18-12)13(2)19(3)17(21)14-8-15(23-10-14)9-20-4-6-22-7-5-20/h8,10-11,13H,4-7,9H2,1-3H3/t13-/m1/s1. The van der Waals surface area contributed by atoms with Crippen LogP contribution in [0.1, 0.15) is 39.8 Å². The van der Waals surface area contributed by atoms with Crippen LogP contribution in [0.15, 0.2) is 22.1 Å². The summed E-state index contributed by atoms with van der Waals surface area (Å²) in [5.74, 6) is 0.763. The third-order valence-corrected chi connectivity index (χ3v) is 5.41. The number of furan rings is 1. The average molecular weight is 349 g/mol. The highest BCUT2D eigenvalue weighted by Gasteiger charge is 2.23. The molecule has 0 aromatic carbocycles. The second-order valence-electron chi connectivity index (χ2n) is 6.11. The molecule has 7 heteroatoms. The summed E-state index contributed by atoms with van der Waals surface area (Å²) in [6.07, 6.45) is 1.55. The summed E-state index contributed by atoms with van der Waals surface area (Å²) in [7, 11) is 1.80. The van der Waals surface area contributed by atoms with E-state index in [4.69, 9.17) is 9.15 Å². The Balaban J connectivity index is 1.64. The molecule has 6 nitrogen and oxygen atoms in total. The minimum absolute atomic E-state index is 0.0488. The van der Waals surface area contributed by atoms with Crippen LogP contribution in [0.4, 0.5) is 0 Å². The predicted molar refractivity (Wildman–Crippen MR) is 92.2 cm³/mol. The minimum atomic E-state index is -0.0613. The molecule has 1 aliphatic rings. The van der Waals surface area contributed by atoms with Gasteiger partial charge in [0.15, 0.2) is 0 Å². The predicted octanol–water partition coefficient (Wildman–Crippen LogP) is 2.71. The van der Waals surface area contributed by atoms with Crippen molar-refractivity contribution in [2.24, 2.45) is 0 Å². The highest BCUT2D eigenvalue weighted by molar-refractivity contribution is 7.09. The van der Waals surface area contributed by atoms with Gasteiger partial charge in [0.1, 0.15) is 17.0 Å². The Morgan fingerprint density at radius 2 is 2.21 bits per heavy atom. The summed E-state index contributed by atoms with van der Waals surface area (Å²) >= 11 is 1.58. The van der Waals surface area contributed by atoms with Crippen LogP contribution in [-0.2, 0) is 11.3 Å². The third kappa shape index (κ3) is 3.85. The number of amides is 1. The number of ether oxygens (including phenoxy) is 1. The van der Waals surface area contributed by atoms with Crippen molar-refractivity contribution in [3.05, 3.63) is 39.7 Å². The lowest BCUT2D eigenvalue weighted by Crippen LogP contribution is -2.35. The van der Waals surface area contributed by atoms with E-state index in [0.29, 0.717) is 12.1 Å². The zero-order valence-corrected chi connectivity index (χ0v) is 15.1. The Morgan fingerprint density at radius 3 is 2.88 bits per heavy atom. The van der Waals surface area contributed by atoms with Gasteiger partial charge in [-0.3, -0.25) is 9.69 Å². The SMILES string of the molecule is Cc1csc([C@@H](C)N(C)C(=O)c2coc(CN3CCOCC3)c2)n1. The maximum atomic E-state index is 12.7. The maximum absolute atomic E-state index is 12.7. The number of nitrogens with zero attached hydrogens (tertiary/aromatic N) is 3. The van der Waals surface area contributed by atoms with Gasteiger partial charge in [0, 0.05) is 31.2 Å². The fraction of sp³-hybridized carbons (Fsp3) is 0.529. The molecule has 1 fully saturated rings. The second-order valence-corrected chi connectivity index (χ2v) is 7.00. The number of morpholine rings is 1. The Hall–Kier alpha value is -1.70. The summed E-state index contributed by atoms with van der Waals surface area (Å²) in [4.78, 5) is 21.1. The largest absolute Gasteiger partial charge is 0.467 e. The lowest BCUT2D eigenvalue weighted by Gasteiger charge is -2.25. The van der Waals surface area contributed by atoms with Crippen molar-refractivity contribution >= 4 is 17.2 Å². The van der Waals surface area contributed by atoms with E-state index in [2.05, 4.69) is 9.88 Å². The number of thiazole rings is 1. The first kappa shape index (κ1) is 17.1. The van der Waals surface area contributed by atoms with Crippen molar-refractivity contribution in [1.29, 1.82) is 0 Å². The van der Waals surface area contributed by atoms with E-state index in [-0.39, 0.29) is 11.9 Å². The molecular weight excluding hydrogens is 326 g/mol. The van der Waals surface area contributed by atoms with Crippen molar-refractivity contribution in [3.63, 3.8) is 0 Å². The monoisotopic (exact) mass is 349 g/mol. The average Bonchev–Trinajstić information content (AvgIpc) is 3.23. The van der Waals surface area contributed by atoms with E-state index in [1.807, 2.05) is 25.3 Å². The van der Waals surface area contributed by atoms with Crippen LogP contribution in [0.25, 0.3) is 0 Å². The fourth-order valence-corrected chi connectivity index (χ4v) is 3.56. The van der Waals surface area contributed by atoms with Gasteiger partial charge in [-0.1, -0.05) is 0 Å². The number of hydrogen-bond acceptors (Lipinski definition) is 6. The summed E-state index contributed by atoms with van der Waals surface area (Å²) in [5.41, 5.74) is 1.57. The molecule has 0 spiro atoms. The first-order chi connectivity index (χ1) is 11.5. The number of carbonyl (C=O) groups is 1. The van der Waals surface area contributed by atoms with Gasteiger partial charge < -0.3 is 14.1 Å². The first-order valence-electron chi connectivity index (χ1n) is 8.11. The zero-order valence-electron chi connectivity index (χ0n) is 14.3. The van der Waals surface area contributed by atoms with Gasteiger partial charge in [0.2, 0.25) is 0 Å². The highest BCUT2D eigenvalue weighted by atomic mass is 32.1. The summed E-state index contributed by atoms with van der Waals surface area (Å²) in [6, 6.07) is 1.78. The molecule has 130 valence electrons. The summed E-state index contributed by atoms with van der Waals surface area (Å²) in [5, 5.41) is 2.95. The lowest BCUT2D eigenvalue weighted by atomic mass is 10.2. The number of aromatic nitrogens is 1. The maximum Gasteiger partial charge on any atom is 0.257 e. The highest BCUT2D eigenvalue weighted by Crippen LogP contribution is 2.24. The van der Waals surface area contributed by atoms with Crippen LogP contribution in [0.3, 0.4) is 0 Å². The molecular formula is C17H23N3O3S. The Labute approximate surface area is 146 Å². The van der Waals surface area contributed by atoms with Gasteiger partial charge in [-0.25, -0.2) is 4.98 Å². The molecule has 1 amide bonds. The van der Waals surface area contributed by atoms with Crippen LogP contribution in [0.2, 0.25) is 0 Å². The van der Waals surface area contributed by atoms with E-state index >= 15 is 0 Å². The van der Waals surface area contributed by atoms with Crippen molar-refractivity contribution in [1.82, 2.24) is 14.8 Å². The molecule has 3 rings (SSSR count). The molecule has 3 heterocycles. The summed E-state index contributed by atoms with van der Waals surface area (Å²) < 4.78 is 10.9. The normalized spacial score (nSPS) is 17.0. The molecule has 1 atom stereocenters. The van der Waals surface area contributed by atoms with Gasteiger partial charge in [-0.05, 0) is 19.9 Å². The minimum Gasteiger partial charge on any atom is -0.467 e. The zero-order chi connectivity index (χ0) is 17.1. The van der Waals surface area contributed by atoms with E-state index < -0.39 is 0 Å². The molecule has 0 unspecified atom stereocenters. The van der Waals surface area contributed by atoms with Crippen LogP contribution in [0, 0.1) is 6.92 Å². The van der Waals surface area contributed by atoms with Crippen LogP contribution in [0.5, 0.6) is 0 Å². The van der Waals surface area contributed by atoms with Crippen LogP contribution < -0.4 is 0 Å². The van der Waals surface area contributed by atoms with E-state index in [0.717, 1.165) is 42.8 Å². The third-order valence-electron chi connectivity index (χ3n) is 4.28. The van der Waals surface area contributed by atoms with Crippen molar-refractivity contribution in [2.45, 2.75) is 26.4 Å². The molecule has 1 aliphatic heterocycles. The smallest absolute Gasteiger partial charge is 0.257 e. The Bertz CT molecular complexity index is 691. The van der Waals surface area contributed by atoms with Crippen LogP contribution in [-0.4, -0.2) is 54.0 Å². The molecule has 24 heavy (non-hydrogen) atoms. The lowest BCUT2D eigenvalue weighted by molar-refractivity contribution is 0.0313. The van der Waals surface area contributed by atoms with Crippen LogP contribution >= 0.6 is 11.3 Å². The molecule has 2 aromatic rings. The summed E-state index contributed by atoms with van der Waals surface area (Å²) in [6.45, 7) is 7.95. The van der Waals surface area contributed by atoms with Gasteiger partial charge in [0.25, 0.3) is 5.91 Å². The Kier molecular flexibility index (Phi) is 5.33. The Morgan fingerprint density at radius 1 is 1.46 bits per heavy atom. The quantitative estimate of drug-likeness (QED) is 0.831. The molecule has 0 N–H and O–H groups in total. The van der Waals surface area contributed by atoms with E-state index in [9.17, 15) is 4.79 Å². The molecule has 0 aliphatic carbocycles.